The second kappa shape index (κ2) is 7.00. The van der Waals surface area contributed by atoms with Crippen molar-refractivity contribution in [2.45, 2.75) is 6.54 Å². The summed E-state index contributed by atoms with van der Waals surface area (Å²) in [6.07, 6.45) is 1.52. The van der Waals surface area contributed by atoms with Gasteiger partial charge >= 0.3 is 0 Å². The average molecular weight is 427 g/mol. The Bertz CT molecular complexity index is 1090. The number of hydrogen-bond acceptors (Lipinski definition) is 5. The van der Waals surface area contributed by atoms with Crippen molar-refractivity contribution in [3.05, 3.63) is 68.5 Å². The average Bonchev–Trinajstić information content (AvgIpc) is 3.32. The standard InChI is InChI=1S/C17H9Cl2FN2O2S2/c18-13-7-10(15(19)26-13)16(23)22(8-9-3-2-6-24-9)17-21-14-11(20)4-1-5-12(14)25-17/h1-7H,8H2. The number of rotatable bonds is 4. The van der Waals surface area contributed by atoms with Crippen LogP contribution in [0.25, 0.3) is 10.2 Å². The molecule has 0 aliphatic rings. The van der Waals surface area contributed by atoms with Crippen LogP contribution in [0.4, 0.5) is 9.52 Å². The number of thiophene rings is 1. The first-order chi connectivity index (χ1) is 12.5. The van der Waals surface area contributed by atoms with E-state index in [1.165, 1.54) is 34.6 Å². The Labute approximate surface area is 165 Å². The number of fused-ring (bicyclic) bond motifs is 1. The zero-order valence-corrected chi connectivity index (χ0v) is 16.1. The highest BCUT2D eigenvalue weighted by Gasteiger charge is 2.26. The van der Waals surface area contributed by atoms with Crippen molar-refractivity contribution < 1.29 is 13.6 Å². The normalized spacial score (nSPS) is 11.2. The van der Waals surface area contributed by atoms with Gasteiger partial charge in [-0.25, -0.2) is 9.37 Å². The molecule has 3 aromatic heterocycles. The van der Waals surface area contributed by atoms with Gasteiger partial charge in [0.25, 0.3) is 5.91 Å². The summed E-state index contributed by atoms with van der Waals surface area (Å²) in [6.45, 7) is 0.136. The molecule has 0 N–H and O–H groups in total. The van der Waals surface area contributed by atoms with Gasteiger partial charge in [0, 0.05) is 0 Å². The molecule has 0 spiro atoms. The van der Waals surface area contributed by atoms with Gasteiger partial charge in [0.2, 0.25) is 0 Å². The number of furan rings is 1. The lowest BCUT2D eigenvalue weighted by atomic mass is 10.3. The van der Waals surface area contributed by atoms with E-state index in [0.717, 1.165) is 11.3 Å². The van der Waals surface area contributed by atoms with Crippen molar-refractivity contribution in [1.29, 1.82) is 0 Å². The molecule has 132 valence electrons. The highest BCUT2D eigenvalue weighted by molar-refractivity contribution is 7.22. The molecule has 26 heavy (non-hydrogen) atoms. The number of aromatic nitrogens is 1. The first kappa shape index (κ1) is 17.5. The van der Waals surface area contributed by atoms with E-state index >= 15 is 0 Å². The summed E-state index contributed by atoms with van der Waals surface area (Å²) in [4.78, 5) is 18.8. The van der Waals surface area contributed by atoms with Gasteiger partial charge in [0.05, 0.1) is 27.4 Å². The van der Waals surface area contributed by atoms with Crippen LogP contribution in [0.15, 0.2) is 47.1 Å². The maximum absolute atomic E-state index is 14.0. The number of nitrogens with zero attached hydrogens (tertiary/aromatic N) is 2. The van der Waals surface area contributed by atoms with Gasteiger partial charge in [-0.05, 0) is 30.3 Å². The Kier molecular flexibility index (Phi) is 4.71. The predicted molar refractivity (Wildman–Crippen MR) is 103 cm³/mol. The molecule has 0 saturated heterocycles. The van der Waals surface area contributed by atoms with Crippen molar-refractivity contribution in [2.75, 3.05) is 4.90 Å². The van der Waals surface area contributed by atoms with E-state index in [1.54, 1.807) is 24.3 Å². The molecule has 0 radical (unpaired) electrons. The van der Waals surface area contributed by atoms with Gasteiger partial charge in [-0.2, -0.15) is 0 Å². The van der Waals surface area contributed by atoms with Gasteiger partial charge in [0.15, 0.2) is 5.13 Å². The number of carbonyl (C=O) groups is 1. The lowest BCUT2D eigenvalue weighted by Gasteiger charge is -2.18. The molecule has 0 saturated carbocycles. The summed E-state index contributed by atoms with van der Waals surface area (Å²) in [7, 11) is 0. The van der Waals surface area contributed by atoms with Crippen molar-refractivity contribution >= 4 is 67.1 Å². The molecule has 0 aliphatic carbocycles. The number of para-hydroxylation sites is 1. The lowest BCUT2D eigenvalue weighted by molar-refractivity contribution is 0.0984. The van der Waals surface area contributed by atoms with Crippen LogP contribution in [0.1, 0.15) is 16.1 Å². The fraction of sp³-hybridized carbons (Fsp3) is 0.0588. The summed E-state index contributed by atoms with van der Waals surface area (Å²) in [5.41, 5.74) is 0.493. The molecule has 4 aromatic rings. The molecular weight excluding hydrogens is 418 g/mol. The molecule has 0 unspecified atom stereocenters. The third-order valence-corrected chi connectivity index (χ3v) is 6.15. The van der Waals surface area contributed by atoms with E-state index < -0.39 is 5.82 Å². The van der Waals surface area contributed by atoms with Crippen LogP contribution in [0.3, 0.4) is 0 Å². The molecule has 0 atom stereocenters. The maximum Gasteiger partial charge on any atom is 0.262 e. The topological polar surface area (TPSA) is 46.3 Å². The fourth-order valence-electron chi connectivity index (χ4n) is 2.43. The molecule has 1 aromatic carbocycles. The van der Waals surface area contributed by atoms with Crippen LogP contribution in [0, 0.1) is 5.82 Å². The summed E-state index contributed by atoms with van der Waals surface area (Å²) < 4.78 is 20.7. The first-order valence-corrected chi connectivity index (χ1v) is 9.76. The third kappa shape index (κ3) is 3.23. The number of amides is 1. The molecule has 0 fully saturated rings. The quantitative estimate of drug-likeness (QED) is 0.387. The predicted octanol–water partition coefficient (Wildman–Crippen LogP) is 6.24. The minimum absolute atomic E-state index is 0.136. The highest BCUT2D eigenvalue weighted by Crippen LogP contribution is 2.36. The number of carbonyl (C=O) groups excluding carboxylic acids is 1. The Morgan fingerprint density at radius 1 is 1.23 bits per heavy atom. The van der Waals surface area contributed by atoms with Crippen LogP contribution in [-0.2, 0) is 6.54 Å². The zero-order valence-electron chi connectivity index (χ0n) is 12.9. The van der Waals surface area contributed by atoms with Crippen LogP contribution in [0.5, 0.6) is 0 Å². The lowest BCUT2D eigenvalue weighted by Crippen LogP contribution is -2.30. The van der Waals surface area contributed by atoms with Crippen molar-refractivity contribution in [3.63, 3.8) is 0 Å². The smallest absolute Gasteiger partial charge is 0.262 e. The van der Waals surface area contributed by atoms with E-state index in [-0.39, 0.29) is 27.9 Å². The van der Waals surface area contributed by atoms with Crippen LogP contribution in [0.2, 0.25) is 8.67 Å². The Morgan fingerprint density at radius 3 is 2.73 bits per heavy atom. The minimum atomic E-state index is -0.438. The van der Waals surface area contributed by atoms with Gasteiger partial charge in [-0.3, -0.25) is 9.69 Å². The number of halogens is 3. The number of benzene rings is 1. The summed E-state index contributed by atoms with van der Waals surface area (Å²) in [6, 6.07) is 9.68. The van der Waals surface area contributed by atoms with Crippen molar-refractivity contribution in [1.82, 2.24) is 4.98 Å². The van der Waals surface area contributed by atoms with Crippen LogP contribution >= 0.6 is 45.9 Å². The number of thiazole rings is 1. The van der Waals surface area contributed by atoms with E-state index in [4.69, 9.17) is 27.6 Å². The Balaban J connectivity index is 1.80. The summed E-state index contributed by atoms with van der Waals surface area (Å²) in [5.74, 6) is -0.253. The second-order valence-corrected chi connectivity index (χ2v) is 8.59. The number of hydrogen-bond donors (Lipinski definition) is 0. The van der Waals surface area contributed by atoms with Gasteiger partial charge in [-0.1, -0.05) is 40.6 Å². The SMILES string of the molecule is O=C(c1cc(Cl)sc1Cl)N(Cc1ccco1)c1nc2c(F)cccc2s1. The molecule has 0 bridgehead atoms. The van der Waals surface area contributed by atoms with Gasteiger partial charge < -0.3 is 4.42 Å². The maximum atomic E-state index is 14.0. The molecule has 4 nitrogen and oxygen atoms in total. The second-order valence-electron chi connectivity index (χ2n) is 5.29. The number of anilines is 1. The molecule has 4 rings (SSSR count). The molecule has 0 aliphatic heterocycles. The van der Waals surface area contributed by atoms with Crippen LogP contribution < -0.4 is 4.90 Å². The molecule has 1 amide bonds. The summed E-state index contributed by atoms with van der Waals surface area (Å²) in [5, 5.41) is 0.352. The van der Waals surface area contributed by atoms with Crippen molar-refractivity contribution in [2.24, 2.45) is 0 Å². The van der Waals surface area contributed by atoms with E-state index in [2.05, 4.69) is 4.98 Å². The highest BCUT2D eigenvalue weighted by atomic mass is 35.5. The van der Waals surface area contributed by atoms with Gasteiger partial charge in [-0.15, -0.1) is 11.3 Å². The molecular formula is C17H9Cl2FN2O2S2. The van der Waals surface area contributed by atoms with E-state index in [0.29, 0.717) is 19.9 Å². The largest absolute Gasteiger partial charge is 0.467 e. The monoisotopic (exact) mass is 426 g/mol. The Hall–Kier alpha value is -1.93. The third-order valence-electron chi connectivity index (χ3n) is 3.62. The summed E-state index contributed by atoms with van der Waals surface area (Å²) >= 11 is 14.4. The van der Waals surface area contributed by atoms with E-state index in [9.17, 15) is 9.18 Å². The van der Waals surface area contributed by atoms with Crippen molar-refractivity contribution in [3.8, 4) is 0 Å². The Morgan fingerprint density at radius 2 is 2.08 bits per heavy atom. The fourth-order valence-corrected chi connectivity index (χ4v) is 4.86. The van der Waals surface area contributed by atoms with Gasteiger partial charge in [0.1, 0.15) is 21.4 Å². The zero-order chi connectivity index (χ0) is 18.3. The van der Waals surface area contributed by atoms with Crippen LogP contribution in [-0.4, -0.2) is 10.9 Å². The first-order valence-electron chi connectivity index (χ1n) is 7.37. The minimum Gasteiger partial charge on any atom is -0.467 e. The molecule has 3 heterocycles. The molecule has 9 heteroatoms. The van der Waals surface area contributed by atoms with E-state index in [1.807, 2.05) is 0 Å².